The van der Waals surface area contributed by atoms with Crippen LogP contribution in [0.15, 0.2) is 0 Å². The lowest BCUT2D eigenvalue weighted by Gasteiger charge is -2.25. The molecule has 2 heteroatoms. The van der Waals surface area contributed by atoms with E-state index in [-0.39, 0.29) is 19.0 Å². The van der Waals surface area contributed by atoms with Crippen LogP contribution in [0.4, 0.5) is 0 Å². The minimum absolute atomic E-state index is 0. The second-order valence-electron chi connectivity index (χ2n) is 4.75. The van der Waals surface area contributed by atoms with Crippen LogP contribution in [0.2, 0.25) is 0 Å². The van der Waals surface area contributed by atoms with E-state index in [4.69, 9.17) is 4.74 Å². The Balaban J connectivity index is 0. The smallest absolute Gasteiger partial charge is 0.311 e. The first-order valence-corrected chi connectivity index (χ1v) is 3.86. The van der Waals surface area contributed by atoms with Crippen molar-refractivity contribution in [2.45, 2.75) is 54.6 Å². The lowest BCUT2D eigenvalue weighted by atomic mass is 9.97. The van der Waals surface area contributed by atoms with Gasteiger partial charge in [0.15, 0.2) is 0 Å². The molecule has 74 valence electrons. The molecule has 0 radical (unpaired) electrons. The third-order valence-corrected chi connectivity index (χ3v) is 1.01. The van der Waals surface area contributed by atoms with Crippen LogP contribution in [-0.4, -0.2) is 11.6 Å². The van der Waals surface area contributed by atoms with Crippen LogP contribution in [0.5, 0.6) is 0 Å². The van der Waals surface area contributed by atoms with Crippen LogP contribution >= 0.6 is 0 Å². The van der Waals surface area contributed by atoms with Gasteiger partial charge in [-0.05, 0) is 41.5 Å². The molecule has 0 aromatic heterocycles. The molecule has 0 N–H and O–H groups in total. The first kappa shape index (κ1) is 14.0. The summed E-state index contributed by atoms with van der Waals surface area (Å²) in [6.45, 7) is 11.2. The van der Waals surface area contributed by atoms with E-state index in [1.807, 2.05) is 41.5 Å². The van der Waals surface area contributed by atoms with Crippen LogP contribution in [0.1, 0.15) is 49.0 Å². The predicted octanol–water partition coefficient (Wildman–Crippen LogP) is 3.01. The maximum atomic E-state index is 11.3. The molecule has 0 bridgehead atoms. The molecular weight excluding hydrogens is 152 g/mol. The summed E-state index contributed by atoms with van der Waals surface area (Å²) in [6.07, 6.45) is 0. The monoisotopic (exact) mass is 174 g/mol. The van der Waals surface area contributed by atoms with Crippen molar-refractivity contribution >= 4 is 5.97 Å². The number of esters is 1. The van der Waals surface area contributed by atoms with Gasteiger partial charge >= 0.3 is 5.97 Å². The molecule has 0 aliphatic carbocycles. The average molecular weight is 174 g/mol. The van der Waals surface area contributed by atoms with Gasteiger partial charge in [-0.3, -0.25) is 4.79 Å². The van der Waals surface area contributed by atoms with E-state index in [9.17, 15) is 4.79 Å². The van der Waals surface area contributed by atoms with Crippen LogP contribution in [0, 0.1) is 5.41 Å². The van der Waals surface area contributed by atoms with Gasteiger partial charge in [-0.1, -0.05) is 7.43 Å². The predicted molar refractivity (Wildman–Crippen MR) is 52.0 cm³/mol. The average Bonchev–Trinajstić information content (AvgIpc) is 1.56. The molecule has 0 fully saturated rings. The highest BCUT2D eigenvalue weighted by atomic mass is 16.6. The summed E-state index contributed by atoms with van der Waals surface area (Å²) in [6, 6.07) is 0. The first-order chi connectivity index (χ1) is 4.63. The number of hydrogen-bond donors (Lipinski definition) is 0. The van der Waals surface area contributed by atoms with Crippen molar-refractivity contribution in [3.63, 3.8) is 0 Å². The van der Waals surface area contributed by atoms with Crippen molar-refractivity contribution in [2.75, 3.05) is 0 Å². The fourth-order valence-corrected chi connectivity index (χ4v) is 0.431. The van der Waals surface area contributed by atoms with E-state index < -0.39 is 5.41 Å². The molecule has 0 spiro atoms. The SMILES string of the molecule is C.CC(C)(C)OC(=O)C(C)(C)C. The number of hydrogen-bond acceptors (Lipinski definition) is 2. The highest BCUT2D eigenvalue weighted by Crippen LogP contribution is 2.19. The normalized spacial score (nSPS) is 11.8. The summed E-state index contributed by atoms with van der Waals surface area (Å²) < 4.78 is 5.16. The van der Waals surface area contributed by atoms with Crippen LogP contribution < -0.4 is 0 Å². The Morgan fingerprint density at radius 2 is 1.33 bits per heavy atom. The number of carbonyl (C=O) groups is 1. The van der Waals surface area contributed by atoms with Crippen LogP contribution in [0.25, 0.3) is 0 Å². The van der Waals surface area contributed by atoms with Gasteiger partial charge in [0.2, 0.25) is 0 Å². The summed E-state index contributed by atoms with van der Waals surface area (Å²) in [7, 11) is 0. The summed E-state index contributed by atoms with van der Waals surface area (Å²) in [5.41, 5.74) is -0.766. The van der Waals surface area contributed by atoms with E-state index in [1.54, 1.807) is 0 Å². The zero-order chi connectivity index (χ0) is 9.28. The third-order valence-electron chi connectivity index (χ3n) is 1.01. The molecule has 2 nitrogen and oxygen atoms in total. The zero-order valence-electron chi connectivity index (χ0n) is 8.32. The maximum absolute atomic E-state index is 11.3. The molecule has 0 amide bonds. The Morgan fingerprint density at radius 1 is 1.00 bits per heavy atom. The fourth-order valence-electron chi connectivity index (χ4n) is 0.431. The van der Waals surface area contributed by atoms with Crippen molar-refractivity contribution in [1.82, 2.24) is 0 Å². The molecule has 0 atom stereocenters. The molecule has 0 saturated heterocycles. The summed E-state index contributed by atoms with van der Waals surface area (Å²) >= 11 is 0. The molecule has 0 rings (SSSR count). The van der Waals surface area contributed by atoms with Gasteiger partial charge in [0.25, 0.3) is 0 Å². The maximum Gasteiger partial charge on any atom is 0.311 e. The Bertz CT molecular complexity index is 146. The lowest BCUT2D eigenvalue weighted by molar-refractivity contribution is -0.164. The summed E-state index contributed by atoms with van der Waals surface area (Å²) in [5.74, 6) is -0.148. The Hall–Kier alpha value is -0.530. The molecule has 12 heavy (non-hydrogen) atoms. The zero-order valence-corrected chi connectivity index (χ0v) is 8.32. The number of carbonyl (C=O) groups excluding carboxylic acids is 1. The summed E-state index contributed by atoms with van der Waals surface area (Å²) in [4.78, 5) is 11.3. The van der Waals surface area contributed by atoms with E-state index in [2.05, 4.69) is 0 Å². The largest absolute Gasteiger partial charge is 0.460 e. The van der Waals surface area contributed by atoms with E-state index in [1.165, 1.54) is 0 Å². The quantitative estimate of drug-likeness (QED) is 0.528. The van der Waals surface area contributed by atoms with Gasteiger partial charge in [0, 0.05) is 0 Å². The number of ether oxygens (including phenoxy) is 1. The van der Waals surface area contributed by atoms with Crippen LogP contribution in [0.3, 0.4) is 0 Å². The van der Waals surface area contributed by atoms with Gasteiger partial charge in [0.1, 0.15) is 5.60 Å². The van der Waals surface area contributed by atoms with Gasteiger partial charge in [0.05, 0.1) is 5.41 Å². The minimum atomic E-state index is -0.396. The van der Waals surface area contributed by atoms with Gasteiger partial charge < -0.3 is 4.74 Å². The third kappa shape index (κ3) is 6.20. The van der Waals surface area contributed by atoms with Gasteiger partial charge in [-0.25, -0.2) is 0 Å². The highest BCUT2D eigenvalue weighted by molar-refractivity contribution is 5.75. The van der Waals surface area contributed by atoms with Crippen molar-refractivity contribution in [3.8, 4) is 0 Å². The van der Waals surface area contributed by atoms with Gasteiger partial charge in [-0.2, -0.15) is 0 Å². The molecular formula is C10H22O2. The minimum Gasteiger partial charge on any atom is -0.460 e. The van der Waals surface area contributed by atoms with E-state index >= 15 is 0 Å². The molecule has 0 unspecified atom stereocenters. The Labute approximate surface area is 76.3 Å². The number of rotatable bonds is 0. The highest BCUT2D eigenvalue weighted by Gasteiger charge is 2.27. The molecule has 0 aliphatic heterocycles. The molecule has 0 aliphatic rings. The standard InChI is InChI=1S/C9H18O2.CH4/c1-8(2,3)7(10)11-9(4,5)6;/h1-6H3;1H4. The molecule has 0 aromatic rings. The van der Waals surface area contributed by atoms with Crippen molar-refractivity contribution in [2.24, 2.45) is 5.41 Å². The molecule has 0 aromatic carbocycles. The lowest BCUT2D eigenvalue weighted by Crippen LogP contribution is -2.31. The van der Waals surface area contributed by atoms with E-state index in [0.717, 1.165) is 0 Å². The van der Waals surface area contributed by atoms with Gasteiger partial charge in [-0.15, -0.1) is 0 Å². The van der Waals surface area contributed by atoms with Crippen molar-refractivity contribution < 1.29 is 9.53 Å². The summed E-state index contributed by atoms with van der Waals surface area (Å²) in [5, 5.41) is 0. The fraction of sp³-hybridized carbons (Fsp3) is 0.900. The van der Waals surface area contributed by atoms with E-state index in [0.29, 0.717) is 0 Å². The first-order valence-electron chi connectivity index (χ1n) is 3.86. The van der Waals surface area contributed by atoms with Crippen LogP contribution in [-0.2, 0) is 9.53 Å². The van der Waals surface area contributed by atoms with Crippen molar-refractivity contribution in [3.05, 3.63) is 0 Å². The second kappa shape index (κ2) is 3.92. The second-order valence-corrected chi connectivity index (χ2v) is 4.75. The molecule has 0 saturated carbocycles. The topological polar surface area (TPSA) is 26.3 Å². The Kier molecular flexibility index (Phi) is 4.58. The Morgan fingerprint density at radius 3 is 1.42 bits per heavy atom. The van der Waals surface area contributed by atoms with Crippen molar-refractivity contribution in [1.29, 1.82) is 0 Å². The molecule has 0 heterocycles.